The van der Waals surface area contributed by atoms with Crippen LogP contribution in [0.3, 0.4) is 0 Å². The molecule has 5 N–H and O–H groups in total. The number of rotatable bonds is 4. The number of hydrogen-bond acceptors (Lipinski definition) is 9. The molecular formula is C53H76N2O6S2. The van der Waals surface area contributed by atoms with Gasteiger partial charge in [-0.2, -0.15) is 0 Å². The molecule has 1 spiro atoms. The van der Waals surface area contributed by atoms with E-state index in [0.29, 0.717) is 30.1 Å². The fraction of sp³-hybridized carbons (Fsp3) is 0.811. The molecule has 0 amide bonds. The maximum absolute atomic E-state index is 14.5. The molecular weight excluding hydrogens is 825 g/mol. The van der Waals surface area contributed by atoms with Crippen LogP contribution in [-0.2, 0) is 4.79 Å². The maximum atomic E-state index is 14.5. The number of carbonyl (C=O) groups is 1. The smallest absolute Gasteiger partial charge is 0.159 e. The Balaban J connectivity index is 1.10. The van der Waals surface area contributed by atoms with Gasteiger partial charge in [0.2, 0.25) is 0 Å². The predicted molar refractivity (Wildman–Crippen MR) is 250 cm³/mol. The van der Waals surface area contributed by atoms with Gasteiger partial charge < -0.3 is 30.1 Å². The van der Waals surface area contributed by atoms with E-state index in [1.807, 2.05) is 40.2 Å². The molecule has 0 unspecified atom stereocenters. The Morgan fingerprint density at radius 3 is 2.41 bits per heavy atom. The highest BCUT2D eigenvalue weighted by Gasteiger charge is 2.72. The van der Waals surface area contributed by atoms with Crippen LogP contribution in [0.25, 0.3) is 0 Å². The molecule has 1 saturated heterocycles. The van der Waals surface area contributed by atoms with Gasteiger partial charge in [-0.25, -0.2) is 4.98 Å². The average Bonchev–Trinajstić information content (AvgIpc) is 4.01. The minimum absolute atomic E-state index is 0.00201. The number of allylic oxidation sites excluding steroid dienone is 3. The number of hydrogen-bond donors (Lipinski definition) is 5. The first kappa shape index (κ1) is 44.1. The van der Waals surface area contributed by atoms with Crippen molar-refractivity contribution in [1.82, 2.24) is 9.55 Å². The maximum Gasteiger partial charge on any atom is 0.159 e. The van der Waals surface area contributed by atoms with Crippen LogP contribution in [0.5, 0.6) is 0 Å². The highest BCUT2D eigenvalue weighted by atomic mass is 33.1. The van der Waals surface area contributed by atoms with Gasteiger partial charge in [0.25, 0.3) is 0 Å². The van der Waals surface area contributed by atoms with E-state index in [2.05, 4.69) is 43.4 Å². The summed E-state index contributed by atoms with van der Waals surface area (Å²) in [7, 11) is 3.81. The summed E-state index contributed by atoms with van der Waals surface area (Å²) in [6.07, 6.45) is 24.5. The third kappa shape index (κ3) is 6.38. The van der Waals surface area contributed by atoms with Gasteiger partial charge in [-0.05, 0) is 161 Å². The van der Waals surface area contributed by atoms with Crippen molar-refractivity contribution in [2.24, 2.45) is 69.0 Å². The molecule has 10 aliphatic rings. The van der Waals surface area contributed by atoms with Crippen LogP contribution in [0.2, 0.25) is 0 Å². The summed E-state index contributed by atoms with van der Waals surface area (Å²) in [5, 5.41) is 60.6. The lowest BCUT2D eigenvalue weighted by Crippen LogP contribution is -2.63. The number of carbonyl (C=O) groups excluding carboxylic acids is 1. The lowest BCUT2D eigenvalue weighted by atomic mass is 9.43. The number of aliphatic hydroxyl groups excluding tert-OH is 4. The summed E-state index contributed by atoms with van der Waals surface area (Å²) >= 11 is 0. The van der Waals surface area contributed by atoms with Gasteiger partial charge in [0, 0.05) is 65.1 Å². The first-order valence-electron chi connectivity index (χ1n) is 25.5. The number of imidazole rings is 1. The van der Waals surface area contributed by atoms with Gasteiger partial charge in [0.05, 0.1) is 30.2 Å². The van der Waals surface area contributed by atoms with Crippen LogP contribution in [0.15, 0.2) is 52.7 Å². The molecule has 0 aromatic carbocycles. The number of nitrogens with zero attached hydrogens (tertiary/aromatic N) is 2. The van der Waals surface area contributed by atoms with E-state index in [9.17, 15) is 30.3 Å². The summed E-state index contributed by atoms with van der Waals surface area (Å²) < 4.78 is 2.33. The molecule has 4 bridgehead atoms. The Kier molecular flexibility index (Phi) is 11.1. The van der Waals surface area contributed by atoms with Crippen LogP contribution in [-0.4, -0.2) is 82.4 Å². The molecule has 2 heterocycles. The molecule has 6 saturated carbocycles. The van der Waals surface area contributed by atoms with Crippen molar-refractivity contribution >= 4 is 27.4 Å². The summed E-state index contributed by atoms with van der Waals surface area (Å²) in [6, 6.07) is 0.179. The van der Waals surface area contributed by atoms with E-state index >= 15 is 0 Å². The third-order valence-corrected chi connectivity index (χ3v) is 24.0. The molecule has 11 rings (SSSR count). The SMILES string of the molecule is CC1(C)C[C@H](n2ccnc2)CSS[C@H](CCCO)[C@H]2C[C@H]([C@@H]3C[C@@H]4CCCC5=C4[C@H](C1=C1CCCC4(CCCC4)[C@@H]51)[C@H]3O)[C@@]1(C)CC[C@H]3C(=CC(=O)[C@@H]4C[C@@H](O)[C@@H](O)C[C@@]43C)[C@]21O. The van der Waals surface area contributed by atoms with Crippen molar-refractivity contribution in [1.29, 1.82) is 0 Å². The molecule has 9 aliphatic carbocycles. The normalized spacial score (nSPS) is 47.6. The second kappa shape index (κ2) is 15.8. The van der Waals surface area contributed by atoms with Crippen LogP contribution in [0, 0.1) is 69.0 Å². The number of ketones is 1. The highest BCUT2D eigenvalue weighted by Crippen LogP contribution is 2.74. The molecule has 10 heteroatoms. The van der Waals surface area contributed by atoms with E-state index in [1.54, 1.807) is 22.3 Å². The summed E-state index contributed by atoms with van der Waals surface area (Å²) in [4.78, 5) is 19.1. The van der Waals surface area contributed by atoms with Gasteiger partial charge in [-0.1, -0.05) is 84.4 Å². The molecule has 16 atom stereocenters. The van der Waals surface area contributed by atoms with Crippen LogP contribution in [0.1, 0.15) is 156 Å². The van der Waals surface area contributed by atoms with Crippen LogP contribution < -0.4 is 0 Å². The molecule has 346 valence electrons. The van der Waals surface area contributed by atoms with Crippen molar-refractivity contribution in [3.63, 3.8) is 0 Å². The van der Waals surface area contributed by atoms with Crippen LogP contribution >= 0.6 is 21.6 Å². The molecule has 1 aromatic rings. The number of aliphatic hydroxyl groups is 5. The van der Waals surface area contributed by atoms with E-state index in [0.717, 1.165) is 56.3 Å². The van der Waals surface area contributed by atoms with E-state index < -0.39 is 34.7 Å². The monoisotopic (exact) mass is 901 g/mol. The Morgan fingerprint density at radius 1 is 0.873 bits per heavy atom. The Bertz CT molecular complexity index is 2060. The minimum Gasteiger partial charge on any atom is -0.396 e. The quantitative estimate of drug-likeness (QED) is 0.148. The zero-order valence-electron chi connectivity index (χ0n) is 38.5. The van der Waals surface area contributed by atoms with Gasteiger partial charge in [0.15, 0.2) is 5.78 Å². The highest BCUT2D eigenvalue weighted by molar-refractivity contribution is 8.76. The molecule has 0 radical (unpaired) electrons. The van der Waals surface area contributed by atoms with E-state index in [-0.39, 0.29) is 71.0 Å². The fourth-order valence-corrected chi connectivity index (χ4v) is 21.8. The van der Waals surface area contributed by atoms with Gasteiger partial charge in [-0.15, -0.1) is 0 Å². The first-order valence-corrected chi connectivity index (χ1v) is 27.9. The largest absolute Gasteiger partial charge is 0.396 e. The molecule has 63 heavy (non-hydrogen) atoms. The predicted octanol–water partition coefficient (Wildman–Crippen LogP) is 9.57. The Labute approximate surface area is 384 Å². The van der Waals surface area contributed by atoms with Gasteiger partial charge >= 0.3 is 0 Å². The zero-order valence-corrected chi connectivity index (χ0v) is 40.2. The van der Waals surface area contributed by atoms with Crippen molar-refractivity contribution in [3.8, 4) is 0 Å². The third-order valence-electron chi connectivity index (χ3n) is 21.0. The molecule has 8 nitrogen and oxygen atoms in total. The lowest BCUT2D eigenvalue weighted by molar-refractivity contribution is -0.161. The van der Waals surface area contributed by atoms with Crippen molar-refractivity contribution < 1.29 is 30.3 Å². The minimum atomic E-state index is -1.30. The lowest BCUT2D eigenvalue weighted by Gasteiger charge is -2.62. The van der Waals surface area contributed by atoms with E-state index in [4.69, 9.17) is 0 Å². The Morgan fingerprint density at radius 2 is 1.65 bits per heavy atom. The van der Waals surface area contributed by atoms with Crippen molar-refractivity contribution in [3.05, 3.63) is 52.7 Å². The molecule has 1 aromatic heterocycles. The van der Waals surface area contributed by atoms with Crippen molar-refractivity contribution in [2.45, 2.75) is 185 Å². The molecule has 7 fully saturated rings. The van der Waals surface area contributed by atoms with Crippen LogP contribution in [0.4, 0.5) is 0 Å². The average molecular weight is 901 g/mol. The van der Waals surface area contributed by atoms with Gasteiger partial charge in [-0.3, -0.25) is 4.79 Å². The standard InChI is InChI=1S/C53H76N2O6S2/c1-49(2)26-31(55-20-19-54-29-55)28-62-63-43(13-9-21-56)39-23-36(51(4)18-14-35-37(53(39,51)61)24-40(57)38-25-41(58)42(59)27-50(35,38)3)34-22-30-10-7-11-32-44(30)45(48(34)60)47(49)33-12-8-17-52(46(32)33)15-5-6-16-52/h19-20,24,29-31,34-36,38-39,41-43,45-46,48,56,58-61H,5-18,21-23,25-28H2,1-4H3/t30-,31-,34-,35-,36+,38-,39+,41+,42-,43+,45+,46-,48-,50+,51+,53-/m0/s1. The zero-order chi connectivity index (χ0) is 43.8. The molecule has 1 aliphatic heterocycles. The number of fused-ring (bicyclic) bond motifs is 14. The second-order valence-electron chi connectivity index (χ2n) is 24.1. The topological polar surface area (TPSA) is 136 Å². The summed E-state index contributed by atoms with van der Waals surface area (Å²) in [5.41, 5.74) is 5.29. The van der Waals surface area contributed by atoms with E-state index in [1.165, 1.54) is 57.8 Å². The summed E-state index contributed by atoms with van der Waals surface area (Å²) in [6.45, 7) is 9.63. The fourth-order valence-electron chi connectivity index (χ4n) is 18.5. The number of aromatic nitrogens is 2. The van der Waals surface area contributed by atoms with Crippen molar-refractivity contribution in [2.75, 3.05) is 12.4 Å². The van der Waals surface area contributed by atoms with Gasteiger partial charge in [0.1, 0.15) is 0 Å². The summed E-state index contributed by atoms with van der Waals surface area (Å²) in [5.74, 6) is 1.23. The first-order chi connectivity index (χ1) is 30.2. The Hall–Kier alpha value is -1.40. The second-order valence-corrected chi connectivity index (χ2v) is 26.8.